The highest BCUT2D eigenvalue weighted by atomic mass is 15.2. The Morgan fingerprint density at radius 2 is 1.86 bits per heavy atom. The molecular formula is C17H24N4. The van der Waals surface area contributed by atoms with E-state index >= 15 is 0 Å². The molecule has 1 aromatic rings. The van der Waals surface area contributed by atoms with Gasteiger partial charge in [0.25, 0.3) is 0 Å². The number of nitrogens with zero attached hydrogens (tertiary/aromatic N) is 3. The second-order valence-electron chi connectivity index (χ2n) is 6.33. The van der Waals surface area contributed by atoms with Gasteiger partial charge < -0.3 is 15.5 Å². The summed E-state index contributed by atoms with van der Waals surface area (Å²) in [6, 6.07) is 7.95. The smallest absolute Gasteiger partial charge is 0.101 e. The van der Waals surface area contributed by atoms with E-state index in [1.165, 1.54) is 45.3 Å². The largest absolute Gasteiger partial charge is 0.399 e. The fourth-order valence-corrected chi connectivity index (χ4v) is 3.61. The van der Waals surface area contributed by atoms with Gasteiger partial charge in [-0.2, -0.15) is 5.26 Å². The third-order valence-electron chi connectivity index (χ3n) is 4.81. The van der Waals surface area contributed by atoms with Crippen LogP contribution in [0.3, 0.4) is 0 Å². The zero-order valence-electron chi connectivity index (χ0n) is 12.6. The number of nitrogen functional groups attached to an aromatic ring is 1. The molecular weight excluding hydrogens is 260 g/mol. The minimum absolute atomic E-state index is 0.666. The molecule has 21 heavy (non-hydrogen) atoms. The summed E-state index contributed by atoms with van der Waals surface area (Å²) in [7, 11) is 0. The Balaban J connectivity index is 1.59. The number of rotatable bonds is 3. The van der Waals surface area contributed by atoms with Crippen molar-refractivity contribution in [3.05, 3.63) is 23.8 Å². The van der Waals surface area contributed by atoms with Crippen molar-refractivity contribution in [3.8, 4) is 6.07 Å². The number of hydrogen-bond donors (Lipinski definition) is 1. The molecule has 0 atom stereocenters. The molecule has 1 aromatic carbocycles. The van der Waals surface area contributed by atoms with Gasteiger partial charge in [-0.3, -0.25) is 0 Å². The molecule has 112 valence electrons. The molecule has 0 aromatic heterocycles. The number of likely N-dealkylation sites (tertiary alicyclic amines) is 1. The first-order chi connectivity index (χ1) is 10.3. The molecule has 0 aliphatic carbocycles. The minimum atomic E-state index is 0.666. The van der Waals surface area contributed by atoms with Gasteiger partial charge in [0.1, 0.15) is 6.07 Å². The topological polar surface area (TPSA) is 56.3 Å². The van der Waals surface area contributed by atoms with Crippen LogP contribution in [0.15, 0.2) is 18.2 Å². The molecule has 2 aliphatic rings. The van der Waals surface area contributed by atoms with E-state index in [1.807, 2.05) is 12.1 Å². The zero-order valence-corrected chi connectivity index (χ0v) is 12.6. The highest BCUT2D eigenvalue weighted by Crippen LogP contribution is 2.28. The van der Waals surface area contributed by atoms with Crippen LogP contribution in [0.5, 0.6) is 0 Å². The molecule has 0 radical (unpaired) electrons. The van der Waals surface area contributed by atoms with Crippen LogP contribution < -0.4 is 10.6 Å². The molecule has 0 bridgehead atoms. The summed E-state index contributed by atoms with van der Waals surface area (Å²) in [6.07, 6.45) is 5.20. The lowest BCUT2D eigenvalue weighted by atomic mass is 9.95. The number of nitrogens with two attached hydrogens (primary N) is 1. The van der Waals surface area contributed by atoms with E-state index in [4.69, 9.17) is 5.73 Å². The van der Waals surface area contributed by atoms with E-state index < -0.39 is 0 Å². The van der Waals surface area contributed by atoms with Gasteiger partial charge in [-0.15, -0.1) is 0 Å². The van der Waals surface area contributed by atoms with Gasteiger partial charge in [-0.1, -0.05) is 0 Å². The summed E-state index contributed by atoms with van der Waals surface area (Å²) in [5.41, 5.74) is 8.19. The molecule has 2 N–H and O–H groups in total. The number of anilines is 2. The maximum Gasteiger partial charge on any atom is 0.101 e. The molecule has 2 saturated heterocycles. The molecule has 2 aliphatic heterocycles. The highest BCUT2D eigenvalue weighted by molar-refractivity contribution is 5.64. The van der Waals surface area contributed by atoms with E-state index in [-0.39, 0.29) is 0 Å². The van der Waals surface area contributed by atoms with Crippen molar-refractivity contribution in [2.75, 3.05) is 43.4 Å². The normalized spacial score (nSPS) is 20.6. The van der Waals surface area contributed by atoms with Crippen LogP contribution in [0.1, 0.15) is 31.2 Å². The van der Waals surface area contributed by atoms with Gasteiger partial charge in [0.2, 0.25) is 0 Å². The summed E-state index contributed by atoms with van der Waals surface area (Å²) in [5.74, 6) is 0.818. The van der Waals surface area contributed by atoms with Crippen LogP contribution in [-0.2, 0) is 0 Å². The fourth-order valence-electron chi connectivity index (χ4n) is 3.61. The monoisotopic (exact) mass is 284 g/mol. The molecule has 0 unspecified atom stereocenters. The van der Waals surface area contributed by atoms with Gasteiger partial charge in [-0.25, -0.2) is 0 Å². The second-order valence-corrected chi connectivity index (χ2v) is 6.33. The summed E-state index contributed by atoms with van der Waals surface area (Å²) >= 11 is 0. The van der Waals surface area contributed by atoms with Crippen LogP contribution >= 0.6 is 0 Å². The van der Waals surface area contributed by atoms with Crippen molar-refractivity contribution >= 4 is 11.4 Å². The van der Waals surface area contributed by atoms with Gasteiger partial charge in [0.05, 0.1) is 11.3 Å². The van der Waals surface area contributed by atoms with Crippen molar-refractivity contribution in [1.82, 2.24) is 4.90 Å². The first kappa shape index (κ1) is 14.2. The average Bonchev–Trinajstić information content (AvgIpc) is 3.01. The Bertz CT molecular complexity index is 520. The maximum atomic E-state index is 9.28. The third kappa shape index (κ3) is 3.30. The van der Waals surface area contributed by atoms with Crippen molar-refractivity contribution in [2.24, 2.45) is 5.92 Å². The Hall–Kier alpha value is -1.73. The van der Waals surface area contributed by atoms with Crippen LogP contribution in [-0.4, -0.2) is 37.6 Å². The van der Waals surface area contributed by atoms with E-state index in [0.29, 0.717) is 11.3 Å². The van der Waals surface area contributed by atoms with Gasteiger partial charge in [0, 0.05) is 25.3 Å². The molecule has 0 amide bonds. The van der Waals surface area contributed by atoms with Crippen molar-refractivity contribution in [2.45, 2.75) is 25.7 Å². The maximum absolute atomic E-state index is 9.28. The molecule has 0 spiro atoms. The Morgan fingerprint density at radius 1 is 1.14 bits per heavy atom. The molecule has 2 heterocycles. The summed E-state index contributed by atoms with van der Waals surface area (Å²) in [5, 5.41) is 9.28. The Labute approximate surface area is 127 Å². The van der Waals surface area contributed by atoms with Crippen LogP contribution in [0, 0.1) is 17.2 Å². The third-order valence-corrected chi connectivity index (χ3v) is 4.81. The van der Waals surface area contributed by atoms with Gasteiger partial charge in [0.15, 0.2) is 0 Å². The van der Waals surface area contributed by atoms with E-state index in [0.717, 1.165) is 24.7 Å². The van der Waals surface area contributed by atoms with Gasteiger partial charge >= 0.3 is 0 Å². The summed E-state index contributed by atoms with van der Waals surface area (Å²) in [6.45, 7) is 5.95. The summed E-state index contributed by atoms with van der Waals surface area (Å²) < 4.78 is 0. The lowest BCUT2D eigenvalue weighted by Gasteiger charge is -2.35. The first-order valence-corrected chi connectivity index (χ1v) is 8.03. The van der Waals surface area contributed by atoms with Crippen molar-refractivity contribution < 1.29 is 0 Å². The predicted molar refractivity (Wildman–Crippen MR) is 86.2 cm³/mol. The van der Waals surface area contributed by atoms with E-state index in [9.17, 15) is 5.26 Å². The number of hydrogen-bond acceptors (Lipinski definition) is 4. The molecule has 3 rings (SSSR count). The SMILES string of the molecule is N#Cc1cc(N)ccc1N1CCC(CN2CCCC2)CC1. The predicted octanol–water partition coefficient (Wildman–Crippen LogP) is 2.45. The number of piperidine rings is 1. The van der Waals surface area contributed by atoms with E-state index in [1.54, 1.807) is 6.07 Å². The molecule has 4 heteroatoms. The Morgan fingerprint density at radius 3 is 2.52 bits per heavy atom. The molecule has 0 saturated carbocycles. The van der Waals surface area contributed by atoms with Crippen molar-refractivity contribution in [1.29, 1.82) is 5.26 Å². The summed E-state index contributed by atoms with van der Waals surface area (Å²) in [4.78, 5) is 4.96. The standard InChI is InChI=1S/C17H24N4/c18-12-15-11-16(19)3-4-17(15)21-9-5-14(6-10-21)13-20-7-1-2-8-20/h3-4,11,14H,1-2,5-10,13,19H2. The fraction of sp³-hybridized carbons (Fsp3) is 0.588. The Kier molecular flexibility index (Phi) is 4.31. The first-order valence-electron chi connectivity index (χ1n) is 8.03. The molecule has 4 nitrogen and oxygen atoms in total. The van der Waals surface area contributed by atoms with Crippen molar-refractivity contribution in [3.63, 3.8) is 0 Å². The number of nitriles is 1. The number of benzene rings is 1. The molecule has 2 fully saturated rings. The minimum Gasteiger partial charge on any atom is -0.399 e. The lowest BCUT2D eigenvalue weighted by molar-refractivity contribution is 0.249. The quantitative estimate of drug-likeness (QED) is 0.866. The van der Waals surface area contributed by atoms with Crippen LogP contribution in [0.4, 0.5) is 11.4 Å². The van der Waals surface area contributed by atoms with Crippen LogP contribution in [0.2, 0.25) is 0 Å². The lowest BCUT2D eigenvalue weighted by Crippen LogP contribution is -2.38. The highest BCUT2D eigenvalue weighted by Gasteiger charge is 2.24. The van der Waals surface area contributed by atoms with Gasteiger partial charge in [-0.05, 0) is 62.9 Å². The average molecular weight is 284 g/mol. The second kappa shape index (κ2) is 6.36. The zero-order chi connectivity index (χ0) is 14.7. The van der Waals surface area contributed by atoms with E-state index in [2.05, 4.69) is 15.9 Å². The van der Waals surface area contributed by atoms with Crippen LogP contribution in [0.25, 0.3) is 0 Å².